The van der Waals surface area contributed by atoms with Gasteiger partial charge in [0.2, 0.25) is 5.91 Å². The van der Waals surface area contributed by atoms with Crippen LogP contribution in [0, 0.1) is 11.3 Å². The van der Waals surface area contributed by atoms with Crippen molar-refractivity contribution >= 4 is 5.91 Å². The second-order valence-corrected chi connectivity index (χ2v) is 6.93. The number of ether oxygens (including phenoxy) is 1. The Balaban J connectivity index is 1.49. The molecule has 4 heteroatoms. The number of nitrogens with one attached hydrogen (secondary N) is 1. The first-order valence-electron chi connectivity index (χ1n) is 8.26. The van der Waals surface area contributed by atoms with E-state index in [2.05, 4.69) is 10.2 Å². The summed E-state index contributed by atoms with van der Waals surface area (Å²) in [6.45, 7) is 3.81. The second-order valence-electron chi connectivity index (χ2n) is 6.93. The standard InChI is InChI=1S/C16H28N2O2/c1-20-11-6-13-4-9-18(10-5-13)15(19)14-16(12-17-14)7-2-3-8-16/h13-14,17H,2-12H2,1H3. The van der Waals surface area contributed by atoms with Crippen molar-refractivity contribution in [1.29, 1.82) is 0 Å². The van der Waals surface area contributed by atoms with Gasteiger partial charge in [0.15, 0.2) is 0 Å². The van der Waals surface area contributed by atoms with E-state index in [-0.39, 0.29) is 6.04 Å². The summed E-state index contributed by atoms with van der Waals surface area (Å²) in [7, 11) is 1.77. The molecule has 20 heavy (non-hydrogen) atoms. The van der Waals surface area contributed by atoms with E-state index in [1.54, 1.807) is 7.11 Å². The Labute approximate surface area is 122 Å². The molecule has 3 fully saturated rings. The first-order valence-corrected chi connectivity index (χ1v) is 8.26. The van der Waals surface area contributed by atoms with Crippen molar-refractivity contribution in [2.45, 2.75) is 51.0 Å². The number of piperidine rings is 1. The van der Waals surface area contributed by atoms with Crippen molar-refractivity contribution in [3.05, 3.63) is 0 Å². The summed E-state index contributed by atoms with van der Waals surface area (Å²) in [4.78, 5) is 14.8. The van der Waals surface area contributed by atoms with Crippen LogP contribution < -0.4 is 5.32 Å². The van der Waals surface area contributed by atoms with E-state index in [4.69, 9.17) is 4.74 Å². The molecule has 3 rings (SSSR count). The predicted molar refractivity (Wildman–Crippen MR) is 78.5 cm³/mol. The zero-order valence-corrected chi connectivity index (χ0v) is 12.7. The van der Waals surface area contributed by atoms with E-state index >= 15 is 0 Å². The minimum absolute atomic E-state index is 0.125. The molecule has 0 radical (unpaired) electrons. The van der Waals surface area contributed by atoms with Crippen LogP contribution in [0.1, 0.15) is 44.9 Å². The van der Waals surface area contributed by atoms with Crippen LogP contribution in [-0.2, 0) is 9.53 Å². The normalized spacial score (nSPS) is 29.6. The predicted octanol–water partition coefficient (Wildman–Crippen LogP) is 1.79. The number of rotatable bonds is 4. The van der Waals surface area contributed by atoms with Crippen LogP contribution in [0.3, 0.4) is 0 Å². The van der Waals surface area contributed by atoms with E-state index in [9.17, 15) is 4.79 Å². The molecule has 114 valence electrons. The molecule has 0 bridgehead atoms. The number of hydrogen-bond acceptors (Lipinski definition) is 3. The SMILES string of the molecule is COCCC1CCN(C(=O)C2NCC23CCCC3)CC1. The number of carbonyl (C=O) groups excluding carboxylic acids is 1. The van der Waals surface area contributed by atoms with Crippen LogP contribution in [0.15, 0.2) is 0 Å². The summed E-state index contributed by atoms with van der Waals surface area (Å²) in [5.41, 5.74) is 0.323. The Morgan fingerprint density at radius 1 is 1.30 bits per heavy atom. The van der Waals surface area contributed by atoms with Crippen molar-refractivity contribution in [3.63, 3.8) is 0 Å². The van der Waals surface area contributed by atoms with Crippen LogP contribution in [0.4, 0.5) is 0 Å². The fourth-order valence-corrected chi connectivity index (χ4v) is 4.30. The maximum Gasteiger partial charge on any atom is 0.240 e. The molecular formula is C16H28N2O2. The first kappa shape index (κ1) is 14.3. The van der Waals surface area contributed by atoms with Gasteiger partial charge in [-0.3, -0.25) is 4.79 Å². The topological polar surface area (TPSA) is 41.6 Å². The fraction of sp³-hybridized carbons (Fsp3) is 0.938. The lowest BCUT2D eigenvalue weighted by molar-refractivity contribution is -0.142. The first-order chi connectivity index (χ1) is 9.75. The molecule has 1 aliphatic carbocycles. The summed E-state index contributed by atoms with van der Waals surface area (Å²) in [5.74, 6) is 1.12. The van der Waals surface area contributed by atoms with Gasteiger partial charge < -0.3 is 15.0 Å². The molecule has 0 aromatic carbocycles. The Morgan fingerprint density at radius 2 is 2.00 bits per heavy atom. The maximum absolute atomic E-state index is 12.7. The number of methoxy groups -OCH3 is 1. The zero-order chi connectivity index (χ0) is 14.0. The number of nitrogens with zero attached hydrogens (tertiary/aromatic N) is 1. The third kappa shape index (κ3) is 2.60. The van der Waals surface area contributed by atoms with E-state index in [1.165, 1.54) is 25.7 Å². The molecule has 0 aromatic heterocycles. The molecule has 1 saturated carbocycles. The largest absolute Gasteiger partial charge is 0.385 e. The van der Waals surface area contributed by atoms with Gasteiger partial charge in [-0.25, -0.2) is 0 Å². The summed E-state index contributed by atoms with van der Waals surface area (Å²) < 4.78 is 5.16. The Kier molecular flexibility index (Phi) is 4.32. The van der Waals surface area contributed by atoms with Gasteiger partial charge in [-0.2, -0.15) is 0 Å². The third-order valence-electron chi connectivity index (χ3n) is 5.77. The number of likely N-dealkylation sites (tertiary alicyclic amines) is 1. The van der Waals surface area contributed by atoms with Gasteiger partial charge in [-0.1, -0.05) is 12.8 Å². The molecule has 2 aliphatic heterocycles. The lowest BCUT2D eigenvalue weighted by Gasteiger charge is -2.49. The molecule has 0 aromatic rings. The smallest absolute Gasteiger partial charge is 0.240 e. The molecule has 2 saturated heterocycles. The van der Waals surface area contributed by atoms with Crippen molar-refractivity contribution in [2.75, 3.05) is 33.4 Å². The van der Waals surface area contributed by atoms with E-state index in [0.717, 1.165) is 51.4 Å². The van der Waals surface area contributed by atoms with Gasteiger partial charge in [0.05, 0.1) is 6.04 Å². The Hall–Kier alpha value is -0.610. The molecule has 4 nitrogen and oxygen atoms in total. The molecule has 1 atom stereocenters. The van der Waals surface area contributed by atoms with E-state index in [0.29, 0.717) is 11.3 Å². The quantitative estimate of drug-likeness (QED) is 0.853. The average molecular weight is 280 g/mol. The third-order valence-corrected chi connectivity index (χ3v) is 5.77. The van der Waals surface area contributed by atoms with Crippen LogP contribution in [-0.4, -0.2) is 50.2 Å². The van der Waals surface area contributed by atoms with Crippen LogP contribution in [0.2, 0.25) is 0 Å². The van der Waals surface area contributed by atoms with Crippen molar-refractivity contribution in [2.24, 2.45) is 11.3 Å². The average Bonchev–Trinajstić information content (AvgIpc) is 2.96. The maximum atomic E-state index is 12.7. The minimum Gasteiger partial charge on any atom is -0.385 e. The summed E-state index contributed by atoms with van der Waals surface area (Å²) in [5, 5.41) is 3.41. The van der Waals surface area contributed by atoms with Gasteiger partial charge in [-0.05, 0) is 38.0 Å². The molecule has 1 spiro atoms. The van der Waals surface area contributed by atoms with E-state index < -0.39 is 0 Å². The van der Waals surface area contributed by atoms with Crippen molar-refractivity contribution < 1.29 is 9.53 Å². The number of carbonyl (C=O) groups is 1. The minimum atomic E-state index is 0.125. The zero-order valence-electron chi connectivity index (χ0n) is 12.7. The number of amides is 1. The Morgan fingerprint density at radius 3 is 2.55 bits per heavy atom. The second kappa shape index (κ2) is 6.02. The van der Waals surface area contributed by atoms with Crippen molar-refractivity contribution in [3.8, 4) is 0 Å². The van der Waals surface area contributed by atoms with E-state index in [1.807, 2.05) is 0 Å². The van der Waals surface area contributed by atoms with Gasteiger partial charge in [0.25, 0.3) is 0 Å². The van der Waals surface area contributed by atoms with Crippen molar-refractivity contribution in [1.82, 2.24) is 10.2 Å². The fourth-order valence-electron chi connectivity index (χ4n) is 4.30. The van der Waals surface area contributed by atoms with Gasteiger partial charge in [0, 0.05) is 38.8 Å². The molecule has 1 amide bonds. The van der Waals surface area contributed by atoms with Crippen LogP contribution in [0.5, 0.6) is 0 Å². The molecule has 2 heterocycles. The van der Waals surface area contributed by atoms with Crippen LogP contribution >= 0.6 is 0 Å². The lowest BCUT2D eigenvalue weighted by Crippen LogP contribution is -2.68. The highest BCUT2D eigenvalue weighted by molar-refractivity contribution is 5.84. The summed E-state index contributed by atoms with van der Waals surface area (Å²) in [6.07, 6.45) is 8.56. The molecule has 1 unspecified atom stereocenters. The highest BCUT2D eigenvalue weighted by Crippen LogP contribution is 2.46. The Bertz CT molecular complexity index is 344. The highest BCUT2D eigenvalue weighted by atomic mass is 16.5. The van der Waals surface area contributed by atoms with Gasteiger partial charge in [-0.15, -0.1) is 0 Å². The number of hydrogen-bond donors (Lipinski definition) is 1. The molecule has 3 aliphatic rings. The van der Waals surface area contributed by atoms with Crippen LogP contribution in [0.25, 0.3) is 0 Å². The summed E-state index contributed by atoms with van der Waals surface area (Å²) in [6, 6.07) is 0.125. The van der Waals surface area contributed by atoms with Gasteiger partial charge in [0.1, 0.15) is 0 Å². The molecular weight excluding hydrogens is 252 g/mol. The lowest BCUT2D eigenvalue weighted by atomic mass is 9.71. The molecule has 1 N–H and O–H groups in total. The monoisotopic (exact) mass is 280 g/mol. The summed E-state index contributed by atoms with van der Waals surface area (Å²) >= 11 is 0. The van der Waals surface area contributed by atoms with Gasteiger partial charge >= 0.3 is 0 Å². The highest BCUT2D eigenvalue weighted by Gasteiger charge is 2.52.